The molecule has 1 amide bonds. The monoisotopic (exact) mass is 529 g/mol. The lowest BCUT2D eigenvalue weighted by Gasteiger charge is -2.14. The van der Waals surface area contributed by atoms with Crippen LogP contribution in [-0.4, -0.2) is 48.2 Å². The Kier molecular flexibility index (Phi) is 10.0. The van der Waals surface area contributed by atoms with Gasteiger partial charge in [0.25, 0.3) is 0 Å². The number of amides is 1. The number of hydrogen-bond donors (Lipinski definition) is 2. The molecule has 3 rings (SSSR count). The first-order chi connectivity index (χ1) is 17.9. The van der Waals surface area contributed by atoms with Crippen LogP contribution in [0.15, 0.2) is 59.5 Å². The highest BCUT2D eigenvalue weighted by molar-refractivity contribution is 7.84. The highest BCUT2D eigenvalue weighted by Crippen LogP contribution is 2.33. The SMILES string of the molecule is COc1ccc(CCNC(=O)Cc2ccc(OCS(=O)c3cccc(F)c3)c(O)c2CC=O)cc1OC. The first-order valence-corrected chi connectivity index (χ1v) is 12.7. The minimum Gasteiger partial charge on any atom is -0.504 e. The number of phenolic OH excluding ortho intramolecular Hbond substituents is 1. The summed E-state index contributed by atoms with van der Waals surface area (Å²) in [5, 5.41) is 13.5. The Bertz CT molecular complexity index is 1280. The lowest BCUT2D eigenvalue weighted by Crippen LogP contribution is -2.27. The zero-order chi connectivity index (χ0) is 26.8. The summed E-state index contributed by atoms with van der Waals surface area (Å²) in [5.41, 5.74) is 1.67. The molecule has 1 unspecified atom stereocenters. The summed E-state index contributed by atoms with van der Waals surface area (Å²) in [7, 11) is 1.43. The second kappa shape index (κ2) is 13.4. The van der Waals surface area contributed by atoms with E-state index in [-0.39, 0.29) is 46.6 Å². The van der Waals surface area contributed by atoms with Crippen LogP contribution in [0.5, 0.6) is 23.0 Å². The Hall–Kier alpha value is -3.92. The van der Waals surface area contributed by atoms with E-state index in [1.165, 1.54) is 24.3 Å². The van der Waals surface area contributed by atoms with Crippen molar-refractivity contribution in [2.75, 3.05) is 26.7 Å². The number of halogens is 1. The number of rotatable bonds is 13. The Labute approximate surface area is 216 Å². The van der Waals surface area contributed by atoms with E-state index >= 15 is 0 Å². The summed E-state index contributed by atoms with van der Waals surface area (Å²) in [5.74, 6) is -0.208. The van der Waals surface area contributed by atoms with E-state index in [0.717, 1.165) is 11.6 Å². The normalized spacial score (nSPS) is 11.4. The molecular weight excluding hydrogens is 501 g/mol. The quantitative estimate of drug-likeness (QED) is 0.327. The van der Waals surface area contributed by atoms with E-state index in [0.29, 0.717) is 36.3 Å². The number of phenols is 1. The summed E-state index contributed by atoms with van der Waals surface area (Å²) in [6.07, 6.45) is 0.985. The van der Waals surface area contributed by atoms with E-state index < -0.39 is 16.6 Å². The highest BCUT2D eigenvalue weighted by Gasteiger charge is 2.17. The molecule has 0 fully saturated rings. The molecule has 3 aromatic carbocycles. The summed E-state index contributed by atoms with van der Waals surface area (Å²) in [4.78, 5) is 24.0. The molecule has 0 saturated heterocycles. The fraction of sp³-hybridized carbons (Fsp3) is 0.259. The fourth-order valence-electron chi connectivity index (χ4n) is 3.66. The smallest absolute Gasteiger partial charge is 0.224 e. The Morgan fingerprint density at radius 2 is 1.81 bits per heavy atom. The first kappa shape index (κ1) is 27.7. The molecule has 196 valence electrons. The van der Waals surface area contributed by atoms with E-state index in [2.05, 4.69) is 5.32 Å². The van der Waals surface area contributed by atoms with Crippen molar-refractivity contribution >= 4 is 23.0 Å². The average molecular weight is 530 g/mol. The molecule has 3 aromatic rings. The van der Waals surface area contributed by atoms with Gasteiger partial charge in [-0.05, 0) is 53.9 Å². The molecule has 8 nitrogen and oxygen atoms in total. The van der Waals surface area contributed by atoms with Gasteiger partial charge in [0.2, 0.25) is 5.91 Å². The van der Waals surface area contributed by atoms with Crippen molar-refractivity contribution in [1.82, 2.24) is 5.32 Å². The Balaban J connectivity index is 1.61. The second-order valence-electron chi connectivity index (χ2n) is 7.95. The fourth-order valence-corrected chi connectivity index (χ4v) is 4.51. The molecule has 1 atom stereocenters. The molecule has 37 heavy (non-hydrogen) atoms. The van der Waals surface area contributed by atoms with Crippen LogP contribution in [0.3, 0.4) is 0 Å². The highest BCUT2D eigenvalue weighted by atomic mass is 32.2. The number of carbonyl (C=O) groups excluding carboxylic acids is 2. The second-order valence-corrected chi connectivity index (χ2v) is 9.35. The van der Waals surface area contributed by atoms with Gasteiger partial charge in [-0.2, -0.15) is 0 Å². The van der Waals surface area contributed by atoms with Crippen LogP contribution in [0, 0.1) is 5.82 Å². The largest absolute Gasteiger partial charge is 0.504 e. The summed E-state index contributed by atoms with van der Waals surface area (Å²) >= 11 is 0. The molecule has 0 aromatic heterocycles. The number of nitrogens with one attached hydrogen (secondary N) is 1. The molecule has 0 bridgehead atoms. The van der Waals surface area contributed by atoms with Crippen molar-refractivity contribution in [2.24, 2.45) is 0 Å². The first-order valence-electron chi connectivity index (χ1n) is 11.4. The number of ether oxygens (including phenoxy) is 3. The average Bonchev–Trinajstić information content (AvgIpc) is 2.90. The predicted octanol–water partition coefficient (Wildman–Crippen LogP) is 3.34. The molecule has 0 saturated carbocycles. The summed E-state index contributed by atoms with van der Waals surface area (Å²) in [6.45, 7) is 0.371. The standard InChI is InChI=1S/C27H28FNO7S/c1-34-23-8-6-18(14-25(23)35-2)10-12-29-26(31)15-19-7-9-24(27(32)22(19)11-13-30)36-17-37(33)21-5-3-4-20(28)16-21/h3-9,13-14,16,32H,10-12,15,17H2,1-2H3,(H,29,31). The molecule has 2 N–H and O–H groups in total. The van der Waals surface area contributed by atoms with Gasteiger partial charge in [0.15, 0.2) is 28.9 Å². The van der Waals surface area contributed by atoms with E-state index in [9.17, 15) is 23.3 Å². The molecular formula is C27H28FNO7S. The Morgan fingerprint density at radius 3 is 2.51 bits per heavy atom. The van der Waals surface area contributed by atoms with Gasteiger partial charge in [0, 0.05) is 23.4 Å². The van der Waals surface area contributed by atoms with Crippen molar-refractivity contribution in [3.05, 3.63) is 77.1 Å². The molecule has 0 aliphatic heterocycles. The zero-order valence-electron chi connectivity index (χ0n) is 20.5. The molecule has 0 radical (unpaired) electrons. The predicted molar refractivity (Wildman–Crippen MR) is 136 cm³/mol. The van der Waals surface area contributed by atoms with Gasteiger partial charge in [-0.1, -0.05) is 18.2 Å². The number of aldehydes is 1. The number of carbonyl (C=O) groups is 2. The van der Waals surface area contributed by atoms with Crippen molar-refractivity contribution < 1.29 is 37.5 Å². The van der Waals surface area contributed by atoms with Gasteiger partial charge in [-0.15, -0.1) is 0 Å². The molecule has 0 heterocycles. The van der Waals surface area contributed by atoms with Gasteiger partial charge in [0.1, 0.15) is 12.1 Å². The van der Waals surface area contributed by atoms with Gasteiger partial charge in [-0.3, -0.25) is 9.00 Å². The van der Waals surface area contributed by atoms with E-state index in [4.69, 9.17) is 14.2 Å². The van der Waals surface area contributed by atoms with Crippen LogP contribution in [-0.2, 0) is 39.7 Å². The minimum absolute atomic E-state index is 0.0132. The number of benzene rings is 3. The van der Waals surface area contributed by atoms with Gasteiger partial charge in [-0.25, -0.2) is 4.39 Å². The minimum atomic E-state index is -1.67. The lowest BCUT2D eigenvalue weighted by molar-refractivity contribution is -0.120. The third-order valence-electron chi connectivity index (χ3n) is 5.55. The molecule has 0 aliphatic rings. The maximum Gasteiger partial charge on any atom is 0.224 e. The van der Waals surface area contributed by atoms with Crippen LogP contribution in [0.2, 0.25) is 0 Å². The molecule has 0 spiro atoms. The van der Waals surface area contributed by atoms with Crippen LogP contribution < -0.4 is 19.5 Å². The van der Waals surface area contributed by atoms with Gasteiger partial charge < -0.3 is 29.4 Å². The zero-order valence-corrected chi connectivity index (χ0v) is 21.3. The third kappa shape index (κ3) is 7.53. The van der Waals surface area contributed by atoms with Crippen molar-refractivity contribution in [1.29, 1.82) is 0 Å². The van der Waals surface area contributed by atoms with Gasteiger partial charge >= 0.3 is 0 Å². The maximum atomic E-state index is 13.4. The van der Waals surface area contributed by atoms with E-state index in [1.54, 1.807) is 26.4 Å². The van der Waals surface area contributed by atoms with Crippen LogP contribution >= 0.6 is 0 Å². The summed E-state index contributed by atoms with van der Waals surface area (Å²) in [6, 6.07) is 13.9. The van der Waals surface area contributed by atoms with Crippen molar-refractivity contribution in [2.45, 2.75) is 24.2 Å². The van der Waals surface area contributed by atoms with Crippen LogP contribution in [0.4, 0.5) is 4.39 Å². The van der Waals surface area contributed by atoms with E-state index in [1.807, 2.05) is 12.1 Å². The summed E-state index contributed by atoms with van der Waals surface area (Å²) < 4.78 is 41.8. The van der Waals surface area contributed by atoms with Crippen molar-refractivity contribution in [3.8, 4) is 23.0 Å². The number of methoxy groups -OCH3 is 2. The number of aromatic hydroxyl groups is 1. The van der Waals surface area contributed by atoms with Crippen LogP contribution in [0.1, 0.15) is 16.7 Å². The van der Waals surface area contributed by atoms with Crippen molar-refractivity contribution in [3.63, 3.8) is 0 Å². The molecule has 0 aliphatic carbocycles. The lowest BCUT2D eigenvalue weighted by atomic mass is 10.00. The maximum absolute atomic E-state index is 13.4. The topological polar surface area (TPSA) is 111 Å². The number of hydrogen-bond acceptors (Lipinski definition) is 7. The molecule has 10 heteroatoms. The van der Waals surface area contributed by atoms with Crippen LogP contribution in [0.25, 0.3) is 0 Å². The van der Waals surface area contributed by atoms with Gasteiger partial charge in [0.05, 0.1) is 31.4 Å². The Morgan fingerprint density at radius 1 is 1.05 bits per heavy atom. The third-order valence-corrected chi connectivity index (χ3v) is 6.66.